The third kappa shape index (κ3) is 6.33. The van der Waals surface area contributed by atoms with Crippen LogP contribution >= 0.6 is 0 Å². The van der Waals surface area contributed by atoms with E-state index in [1.54, 1.807) is 24.3 Å². The van der Waals surface area contributed by atoms with Gasteiger partial charge in [-0.3, -0.25) is 14.4 Å². The van der Waals surface area contributed by atoms with E-state index >= 15 is 0 Å². The number of rotatable bonds is 8. The fourth-order valence-corrected chi connectivity index (χ4v) is 4.20. The number of aromatic nitrogens is 2. The van der Waals surface area contributed by atoms with E-state index in [0.717, 1.165) is 35.4 Å². The molecular weight excluding hydrogens is 531 g/mol. The highest BCUT2D eigenvalue weighted by Crippen LogP contribution is 2.32. The lowest BCUT2D eigenvalue weighted by atomic mass is 9.93. The van der Waals surface area contributed by atoms with Gasteiger partial charge in [0.25, 0.3) is 17.9 Å². The predicted molar refractivity (Wildman–Crippen MR) is 127 cm³/mol. The Balaban J connectivity index is 1.64. The van der Waals surface area contributed by atoms with E-state index in [1.807, 2.05) is 0 Å². The molecule has 0 radical (unpaired) electrons. The molecular formula is C25H21F5N4O5. The fraction of sp³-hybridized carbons (Fsp3) is 0.280. The minimum absolute atomic E-state index is 0.0487. The maximum Gasteiger partial charge on any atom is 0.573 e. The van der Waals surface area contributed by atoms with Crippen LogP contribution in [0.2, 0.25) is 0 Å². The van der Waals surface area contributed by atoms with Gasteiger partial charge in [0.2, 0.25) is 5.91 Å². The number of hydrogen-bond donors (Lipinski definition) is 1. The number of halogens is 5. The first-order valence-electron chi connectivity index (χ1n) is 11.4. The Morgan fingerprint density at radius 2 is 1.69 bits per heavy atom. The summed E-state index contributed by atoms with van der Waals surface area (Å²) in [6.45, 7) is -1.05. The standard InChI is InChI=1S/C25H21F5N4O5/c1-38-16-6-2-14(3-7-16)18-12-33(19-10-11-31-34(23(19)36)13-20(26)27)24(37)21(18)32-22(35)15-4-8-17(9-5-15)39-25(28,29)30/h2-11,18,20-21H,12-13H2,1H3,(H,32,35)/t18-,21-/m0/s1. The van der Waals surface area contributed by atoms with Crippen LogP contribution in [-0.2, 0) is 11.3 Å². The monoisotopic (exact) mass is 552 g/mol. The number of carbonyl (C=O) groups is 2. The Labute approximate surface area is 217 Å². The number of benzene rings is 2. The molecule has 2 amide bonds. The molecule has 1 aliphatic rings. The van der Waals surface area contributed by atoms with Gasteiger partial charge >= 0.3 is 6.36 Å². The summed E-state index contributed by atoms with van der Waals surface area (Å²) in [7, 11) is 1.47. The van der Waals surface area contributed by atoms with Gasteiger partial charge in [-0.05, 0) is 48.0 Å². The van der Waals surface area contributed by atoms with Crippen molar-refractivity contribution in [2.24, 2.45) is 0 Å². The summed E-state index contributed by atoms with van der Waals surface area (Å²) in [6, 6.07) is 10.7. The van der Waals surface area contributed by atoms with Crippen molar-refractivity contribution in [1.29, 1.82) is 0 Å². The van der Waals surface area contributed by atoms with Crippen molar-refractivity contribution in [3.05, 3.63) is 82.3 Å². The number of carbonyl (C=O) groups excluding carboxylic acids is 2. The van der Waals surface area contributed by atoms with E-state index in [4.69, 9.17) is 4.74 Å². The lowest BCUT2D eigenvalue weighted by Crippen LogP contribution is -2.44. The first-order chi connectivity index (χ1) is 18.5. The molecule has 0 spiro atoms. The van der Waals surface area contributed by atoms with Crippen LogP contribution in [-0.4, -0.2) is 54.1 Å². The van der Waals surface area contributed by atoms with Crippen LogP contribution in [0.25, 0.3) is 0 Å². The van der Waals surface area contributed by atoms with E-state index in [1.165, 1.54) is 13.2 Å². The number of hydrogen-bond acceptors (Lipinski definition) is 6. The summed E-state index contributed by atoms with van der Waals surface area (Å²) >= 11 is 0. The molecule has 1 aromatic heterocycles. The van der Waals surface area contributed by atoms with Crippen molar-refractivity contribution in [3.63, 3.8) is 0 Å². The fourth-order valence-electron chi connectivity index (χ4n) is 4.20. The Bertz CT molecular complexity index is 1390. The van der Waals surface area contributed by atoms with E-state index in [2.05, 4.69) is 15.2 Å². The van der Waals surface area contributed by atoms with Crippen LogP contribution in [0.5, 0.6) is 11.5 Å². The Hall–Kier alpha value is -4.49. The zero-order valence-corrected chi connectivity index (χ0v) is 20.2. The van der Waals surface area contributed by atoms with Crippen molar-refractivity contribution in [2.75, 3.05) is 18.6 Å². The highest BCUT2D eigenvalue weighted by Gasteiger charge is 2.44. The van der Waals surface area contributed by atoms with Gasteiger partial charge in [-0.25, -0.2) is 13.5 Å². The van der Waals surface area contributed by atoms with Crippen LogP contribution in [0.3, 0.4) is 0 Å². The topological polar surface area (TPSA) is 103 Å². The molecule has 4 rings (SSSR count). The van der Waals surface area contributed by atoms with E-state index in [-0.39, 0.29) is 17.8 Å². The molecule has 39 heavy (non-hydrogen) atoms. The van der Waals surface area contributed by atoms with Gasteiger partial charge < -0.3 is 19.7 Å². The SMILES string of the molecule is COc1ccc([C@@H]2CN(c3ccnn(CC(F)F)c3=O)C(=O)[C@H]2NC(=O)c2ccc(OC(F)(F)F)cc2)cc1. The van der Waals surface area contributed by atoms with Crippen LogP contribution in [0.4, 0.5) is 27.6 Å². The molecule has 1 aliphatic heterocycles. The molecule has 2 atom stereocenters. The maximum absolute atomic E-state index is 13.5. The first-order valence-corrected chi connectivity index (χ1v) is 11.4. The lowest BCUT2D eigenvalue weighted by Gasteiger charge is -2.19. The van der Waals surface area contributed by atoms with Crippen molar-refractivity contribution >= 4 is 17.5 Å². The van der Waals surface area contributed by atoms with Crippen LogP contribution in [0.15, 0.2) is 65.6 Å². The molecule has 14 heteroatoms. The van der Waals surface area contributed by atoms with Gasteiger partial charge in [0.05, 0.1) is 7.11 Å². The van der Waals surface area contributed by atoms with E-state index in [9.17, 15) is 36.3 Å². The van der Waals surface area contributed by atoms with Crippen LogP contribution < -0.4 is 25.2 Å². The van der Waals surface area contributed by atoms with E-state index in [0.29, 0.717) is 16.0 Å². The number of ether oxygens (including phenoxy) is 2. The second-order valence-corrected chi connectivity index (χ2v) is 8.45. The van der Waals surface area contributed by atoms with Crippen molar-refractivity contribution in [3.8, 4) is 11.5 Å². The molecule has 3 aromatic rings. The third-order valence-electron chi connectivity index (χ3n) is 5.99. The molecule has 1 N–H and O–H groups in total. The molecule has 0 aliphatic carbocycles. The van der Waals surface area contributed by atoms with Gasteiger partial charge in [0, 0.05) is 24.2 Å². The summed E-state index contributed by atoms with van der Waals surface area (Å²) in [5, 5.41) is 6.22. The Morgan fingerprint density at radius 3 is 2.28 bits per heavy atom. The average molecular weight is 552 g/mol. The second kappa shape index (κ2) is 11.1. The normalized spacial score (nSPS) is 17.4. The summed E-state index contributed by atoms with van der Waals surface area (Å²) in [4.78, 5) is 40.4. The molecule has 9 nitrogen and oxygen atoms in total. The molecule has 206 valence electrons. The van der Waals surface area contributed by atoms with Crippen molar-refractivity contribution in [1.82, 2.24) is 15.1 Å². The third-order valence-corrected chi connectivity index (χ3v) is 5.99. The molecule has 0 unspecified atom stereocenters. The Morgan fingerprint density at radius 1 is 1.05 bits per heavy atom. The minimum atomic E-state index is -4.91. The van der Waals surface area contributed by atoms with E-state index < -0.39 is 54.4 Å². The molecule has 0 bridgehead atoms. The number of anilines is 1. The Kier molecular flexibility index (Phi) is 7.83. The molecule has 1 saturated heterocycles. The van der Waals surface area contributed by atoms with Crippen LogP contribution in [0.1, 0.15) is 21.8 Å². The second-order valence-electron chi connectivity index (χ2n) is 8.45. The van der Waals surface area contributed by atoms with Crippen molar-refractivity contribution < 1.29 is 41.0 Å². The molecule has 2 aromatic carbocycles. The summed E-state index contributed by atoms with van der Waals surface area (Å²) in [6.07, 6.45) is -6.65. The van der Waals surface area contributed by atoms with Crippen molar-refractivity contribution in [2.45, 2.75) is 31.3 Å². The molecule has 2 heterocycles. The summed E-state index contributed by atoms with van der Waals surface area (Å²) < 4.78 is 72.6. The zero-order valence-electron chi connectivity index (χ0n) is 20.2. The summed E-state index contributed by atoms with van der Waals surface area (Å²) in [5.41, 5.74) is -0.549. The van der Waals surface area contributed by atoms with Gasteiger partial charge in [0.1, 0.15) is 29.8 Å². The number of alkyl halides is 5. The highest BCUT2D eigenvalue weighted by molar-refractivity contribution is 6.04. The predicted octanol–water partition coefficient (Wildman–Crippen LogP) is 3.34. The number of nitrogens with zero attached hydrogens (tertiary/aromatic N) is 3. The van der Waals surface area contributed by atoms with Gasteiger partial charge in [-0.1, -0.05) is 12.1 Å². The number of amides is 2. The largest absolute Gasteiger partial charge is 0.573 e. The lowest BCUT2D eigenvalue weighted by molar-refractivity contribution is -0.274. The smallest absolute Gasteiger partial charge is 0.497 e. The number of methoxy groups -OCH3 is 1. The maximum atomic E-state index is 13.5. The number of nitrogens with one attached hydrogen (secondary N) is 1. The highest BCUT2D eigenvalue weighted by atomic mass is 19.4. The summed E-state index contributed by atoms with van der Waals surface area (Å²) in [5.74, 6) is -2.14. The van der Waals surface area contributed by atoms with Gasteiger partial charge in [-0.15, -0.1) is 13.2 Å². The zero-order chi connectivity index (χ0) is 28.3. The molecule has 0 saturated carbocycles. The molecule has 1 fully saturated rings. The van der Waals surface area contributed by atoms with Gasteiger partial charge in [-0.2, -0.15) is 5.10 Å². The minimum Gasteiger partial charge on any atom is -0.497 e. The van der Waals surface area contributed by atoms with Crippen LogP contribution in [0, 0.1) is 0 Å². The quantitative estimate of drug-likeness (QED) is 0.430. The van der Waals surface area contributed by atoms with Gasteiger partial charge in [0.15, 0.2) is 0 Å². The average Bonchev–Trinajstić information content (AvgIpc) is 3.20. The first kappa shape index (κ1) is 27.5.